The first-order valence-electron chi connectivity index (χ1n) is 7.35. The van der Waals surface area contributed by atoms with Crippen LogP contribution in [0.15, 0.2) is 40.1 Å². The molecule has 2 aromatic rings. The summed E-state index contributed by atoms with van der Waals surface area (Å²) in [6.45, 7) is 1.88. The molecule has 1 aromatic heterocycles. The number of benzene rings is 1. The van der Waals surface area contributed by atoms with Gasteiger partial charge in [0, 0.05) is 22.8 Å². The van der Waals surface area contributed by atoms with Gasteiger partial charge in [0.05, 0.1) is 11.9 Å². The molecule has 24 heavy (non-hydrogen) atoms. The summed E-state index contributed by atoms with van der Waals surface area (Å²) in [5.41, 5.74) is 2.57. The molecule has 4 rings (SSSR count). The van der Waals surface area contributed by atoms with E-state index in [9.17, 15) is 9.59 Å². The van der Waals surface area contributed by atoms with Crippen molar-refractivity contribution in [2.24, 2.45) is 18.1 Å². The number of amides is 2. The third kappa shape index (κ3) is 2.02. The van der Waals surface area contributed by atoms with E-state index >= 15 is 0 Å². The van der Waals surface area contributed by atoms with E-state index in [1.54, 1.807) is 35.1 Å². The quantitative estimate of drug-likeness (QED) is 0.734. The van der Waals surface area contributed by atoms with Crippen molar-refractivity contribution < 1.29 is 14.4 Å². The summed E-state index contributed by atoms with van der Waals surface area (Å²) in [6.07, 6.45) is 0.732. The maximum absolute atomic E-state index is 12.9. The fraction of sp³-hybridized carbons (Fsp3) is 0.250. The van der Waals surface area contributed by atoms with Crippen LogP contribution in [0.3, 0.4) is 0 Å². The second kappa shape index (κ2) is 5.27. The Hall–Kier alpha value is -2.48. The van der Waals surface area contributed by atoms with Gasteiger partial charge in [-0.25, -0.2) is 4.90 Å². The third-order valence-corrected chi connectivity index (χ3v) is 4.94. The summed E-state index contributed by atoms with van der Waals surface area (Å²) in [6, 6.07) is 7.00. The molecule has 1 aromatic carbocycles. The van der Waals surface area contributed by atoms with Crippen molar-refractivity contribution in [3.05, 3.63) is 46.2 Å². The molecule has 0 spiro atoms. The molecule has 2 aliphatic rings. The molecule has 0 unspecified atom stereocenters. The number of nitrogens with zero attached hydrogens (tertiary/aromatic N) is 4. The average Bonchev–Trinajstić information content (AvgIpc) is 3.20. The Labute approximate surface area is 146 Å². The van der Waals surface area contributed by atoms with Crippen molar-refractivity contribution in [1.29, 1.82) is 0 Å². The Morgan fingerprint density at radius 3 is 2.50 bits per heavy atom. The number of rotatable bonds is 2. The fourth-order valence-electron chi connectivity index (χ4n) is 3.00. The predicted octanol–water partition coefficient (Wildman–Crippen LogP) is 1.78. The van der Waals surface area contributed by atoms with Gasteiger partial charge >= 0.3 is 0 Å². The predicted molar refractivity (Wildman–Crippen MR) is 89.5 cm³/mol. The van der Waals surface area contributed by atoms with E-state index in [1.807, 2.05) is 14.0 Å². The molecule has 0 saturated carbocycles. The smallest absolute Gasteiger partial charge is 0.278 e. The molecule has 2 atom stereocenters. The molecule has 2 amide bonds. The number of imide groups is 1. The van der Waals surface area contributed by atoms with Gasteiger partial charge in [-0.05, 0) is 31.2 Å². The van der Waals surface area contributed by atoms with E-state index in [4.69, 9.17) is 4.84 Å². The summed E-state index contributed by atoms with van der Waals surface area (Å²) in [5, 5.41) is 8.17. The third-order valence-electron chi connectivity index (χ3n) is 4.41. The van der Waals surface area contributed by atoms with Crippen molar-refractivity contribution in [3.63, 3.8) is 0 Å². The SMILES string of the molecule is Cc1c(C2=NO[C@@H]3C(=O)N(c4ccc(Br)cc4)C(=O)[C@@H]23)cnn1C. The van der Waals surface area contributed by atoms with Gasteiger partial charge in [0.15, 0.2) is 0 Å². The summed E-state index contributed by atoms with van der Waals surface area (Å²) in [4.78, 5) is 32.0. The zero-order chi connectivity index (χ0) is 17.0. The van der Waals surface area contributed by atoms with Crippen LogP contribution in [0.4, 0.5) is 5.69 Å². The number of hydrogen-bond donors (Lipinski definition) is 0. The van der Waals surface area contributed by atoms with E-state index < -0.39 is 17.9 Å². The summed E-state index contributed by atoms with van der Waals surface area (Å²) < 4.78 is 2.56. The van der Waals surface area contributed by atoms with Crippen molar-refractivity contribution in [2.45, 2.75) is 13.0 Å². The standard InChI is InChI=1S/C16H13BrN4O3/c1-8-11(7-18-20(8)2)13-12-14(24-19-13)16(23)21(15(12)22)10-5-3-9(17)4-6-10/h3-7,12,14H,1-2H3/t12-,14-/m0/s1. The van der Waals surface area contributed by atoms with Crippen LogP contribution < -0.4 is 4.90 Å². The van der Waals surface area contributed by atoms with Crippen LogP contribution in [0, 0.1) is 12.8 Å². The van der Waals surface area contributed by atoms with Crippen molar-refractivity contribution in [3.8, 4) is 0 Å². The topological polar surface area (TPSA) is 76.8 Å². The van der Waals surface area contributed by atoms with Crippen LogP contribution in [-0.2, 0) is 21.5 Å². The van der Waals surface area contributed by atoms with Crippen LogP contribution in [0.5, 0.6) is 0 Å². The highest BCUT2D eigenvalue weighted by Gasteiger charge is 2.56. The number of aryl methyl sites for hydroxylation is 1. The number of anilines is 1. The van der Waals surface area contributed by atoms with E-state index in [0.29, 0.717) is 11.4 Å². The summed E-state index contributed by atoms with van der Waals surface area (Å²) >= 11 is 3.34. The fourth-order valence-corrected chi connectivity index (χ4v) is 3.26. The Balaban J connectivity index is 1.72. The first-order chi connectivity index (χ1) is 11.5. The number of aromatic nitrogens is 2. The average molecular weight is 389 g/mol. The molecule has 3 heterocycles. The molecule has 0 aliphatic carbocycles. The minimum atomic E-state index is -0.907. The second-order valence-electron chi connectivity index (χ2n) is 5.74. The van der Waals surface area contributed by atoms with Gasteiger partial charge in [0.2, 0.25) is 12.0 Å². The van der Waals surface area contributed by atoms with Crippen LogP contribution in [0.2, 0.25) is 0 Å². The molecular weight excluding hydrogens is 376 g/mol. The lowest BCUT2D eigenvalue weighted by atomic mass is 9.94. The van der Waals surface area contributed by atoms with Crippen LogP contribution in [0.1, 0.15) is 11.3 Å². The lowest BCUT2D eigenvalue weighted by Gasteiger charge is -2.15. The van der Waals surface area contributed by atoms with Gasteiger partial charge in [0.25, 0.3) is 5.91 Å². The van der Waals surface area contributed by atoms with Gasteiger partial charge < -0.3 is 4.84 Å². The number of fused-ring (bicyclic) bond motifs is 1. The molecule has 2 aliphatic heterocycles. The monoisotopic (exact) mass is 388 g/mol. The Bertz CT molecular complexity index is 887. The van der Waals surface area contributed by atoms with Crippen LogP contribution in [0.25, 0.3) is 0 Å². The molecule has 0 bridgehead atoms. The largest absolute Gasteiger partial charge is 0.381 e. The van der Waals surface area contributed by atoms with Gasteiger partial charge in [-0.2, -0.15) is 5.10 Å². The first kappa shape index (κ1) is 15.1. The first-order valence-corrected chi connectivity index (χ1v) is 8.14. The number of carbonyl (C=O) groups is 2. The van der Waals surface area contributed by atoms with Gasteiger partial charge in [-0.3, -0.25) is 14.3 Å². The molecular formula is C16H13BrN4O3. The Morgan fingerprint density at radius 2 is 1.88 bits per heavy atom. The summed E-state index contributed by atoms with van der Waals surface area (Å²) in [7, 11) is 1.81. The lowest BCUT2D eigenvalue weighted by Crippen LogP contribution is -2.33. The van der Waals surface area contributed by atoms with Crippen molar-refractivity contribution in [2.75, 3.05) is 4.90 Å². The van der Waals surface area contributed by atoms with Gasteiger partial charge in [-0.15, -0.1) is 0 Å². The van der Waals surface area contributed by atoms with Gasteiger partial charge in [0.1, 0.15) is 11.6 Å². The molecule has 0 radical (unpaired) electrons. The van der Waals surface area contributed by atoms with Crippen molar-refractivity contribution >= 4 is 39.1 Å². The maximum atomic E-state index is 12.9. The molecule has 1 saturated heterocycles. The van der Waals surface area contributed by atoms with E-state index in [-0.39, 0.29) is 5.91 Å². The number of hydrogen-bond acceptors (Lipinski definition) is 5. The highest BCUT2D eigenvalue weighted by Crippen LogP contribution is 2.35. The summed E-state index contributed by atoms with van der Waals surface area (Å²) in [5.74, 6) is -1.46. The zero-order valence-electron chi connectivity index (χ0n) is 12.9. The van der Waals surface area contributed by atoms with E-state index in [0.717, 1.165) is 15.7 Å². The zero-order valence-corrected chi connectivity index (χ0v) is 14.5. The molecule has 1 fully saturated rings. The number of oxime groups is 1. The van der Waals surface area contributed by atoms with E-state index in [2.05, 4.69) is 26.2 Å². The second-order valence-corrected chi connectivity index (χ2v) is 6.65. The molecule has 7 nitrogen and oxygen atoms in total. The number of halogens is 1. The maximum Gasteiger partial charge on any atom is 0.278 e. The Kier molecular flexibility index (Phi) is 3.31. The van der Waals surface area contributed by atoms with Gasteiger partial charge in [-0.1, -0.05) is 21.1 Å². The number of carbonyl (C=O) groups excluding carboxylic acids is 2. The highest BCUT2D eigenvalue weighted by atomic mass is 79.9. The minimum Gasteiger partial charge on any atom is -0.381 e. The normalized spacial score (nSPS) is 22.6. The Morgan fingerprint density at radius 1 is 1.17 bits per heavy atom. The molecule has 8 heteroatoms. The van der Waals surface area contributed by atoms with Crippen LogP contribution >= 0.6 is 15.9 Å². The lowest BCUT2D eigenvalue weighted by molar-refractivity contribution is -0.126. The van der Waals surface area contributed by atoms with Crippen LogP contribution in [-0.4, -0.2) is 33.4 Å². The highest BCUT2D eigenvalue weighted by molar-refractivity contribution is 9.10. The minimum absolute atomic E-state index is 0.327. The molecule has 122 valence electrons. The van der Waals surface area contributed by atoms with Crippen molar-refractivity contribution in [1.82, 2.24) is 9.78 Å². The van der Waals surface area contributed by atoms with E-state index in [1.165, 1.54) is 4.90 Å². The molecule has 0 N–H and O–H groups in total.